The van der Waals surface area contributed by atoms with Gasteiger partial charge < -0.3 is 10.4 Å². The number of benzene rings is 1. The average molecular weight is 487 g/mol. The van der Waals surface area contributed by atoms with Crippen LogP contribution in [0.5, 0.6) is 0 Å². The topological polar surface area (TPSA) is 102 Å². The molecule has 0 aliphatic rings. The number of hydrogen-bond donors (Lipinski definition) is 2. The molecular formula is C17H14BrCl2N5O3. The smallest absolute Gasteiger partial charge is 0.356 e. The summed E-state index contributed by atoms with van der Waals surface area (Å²) < 4.78 is 3.69. The van der Waals surface area contributed by atoms with E-state index in [1.807, 2.05) is 6.07 Å². The molecule has 3 rings (SSSR count). The van der Waals surface area contributed by atoms with Crippen LogP contribution in [0.25, 0.3) is 0 Å². The van der Waals surface area contributed by atoms with Crippen LogP contribution in [0, 0.1) is 0 Å². The van der Waals surface area contributed by atoms with Gasteiger partial charge in [-0.2, -0.15) is 10.2 Å². The third-order valence-electron chi connectivity index (χ3n) is 3.73. The van der Waals surface area contributed by atoms with Gasteiger partial charge in [-0.1, -0.05) is 29.3 Å². The first-order chi connectivity index (χ1) is 13.3. The molecule has 0 bridgehead atoms. The number of carboxylic acids is 1. The Labute approximate surface area is 178 Å². The van der Waals surface area contributed by atoms with Gasteiger partial charge in [0.25, 0.3) is 0 Å². The van der Waals surface area contributed by atoms with Crippen molar-refractivity contribution in [3.8, 4) is 0 Å². The second-order valence-corrected chi connectivity index (χ2v) is 7.51. The predicted octanol–water partition coefficient (Wildman–Crippen LogP) is 3.92. The molecule has 0 atom stereocenters. The molecule has 1 amide bonds. The standard InChI is InChI=1S/C17H14BrCl2N5O3/c18-11-9-25(8-10-1-2-12(19)13(20)7-10)23-16(11)21-15(26)4-6-24-5-3-14(22-24)17(27)28/h1-3,5,7,9H,4,6,8H2,(H,27,28)(H,21,23,26). The van der Waals surface area contributed by atoms with Crippen molar-refractivity contribution >= 4 is 56.8 Å². The minimum atomic E-state index is -1.11. The fraction of sp³-hybridized carbons (Fsp3) is 0.176. The first-order valence-electron chi connectivity index (χ1n) is 8.05. The largest absolute Gasteiger partial charge is 0.476 e. The highest BCUT2D eigenvalue weighted by molar-refractivity contribution is 9.10. The monoisotopic (exact) mass is 485 g/mol. The molecule has 0 aliphatic carbocycles. The Morgan fingerprint density at radius 2 is 1.93 bits per heavy atom. The Bertz CT molecular complexity index is 1030. The van der Waals surface area contributed by atoms with Crippen molar-refractivity contribution in [2.24, 2.45) is 0 Å². The average Bonchev–Trinajstić information content (AvgIpc) is 3.24. The number of halogens is 3. The third-order valence-corrected chi connectivity index (χ3v) is 5.05. The molecule has 2 N–H and O–H groups in total. The third kappa shape index (κ3) is 5.12. The van der Waals surface area contributed by atoms with E-state index in [4.69, 9.17) is 28.3 Å². The number of nitrogens with one attached hydrogen (secondary N) is 1. The van der Waals surface area contributed by atoms with Crippen LogP contribution in [-0.2, 0) is 17.9 Å². The highest BCUT2D eigenvalue weighted by Gasteiger charge is 2.12. The maximum absolute atomic E-state index is 12.2. The van der Waals surface area contributed by atoms with Crippen molar-refractivity contribution in [1.29, 1.82) is 0 Å². The second-order valence-electron chi connectivity index (χ2n) is 5.84. The van der Waals surface area contributed by atoms with E-state index in [1.165, 1.54) is 16.9 Å². The number of aromatic carboxylic acids is 1. The summed E-state index contributed by atoms with van der Waals surface area (Å²) in [5, 5.41) is 20.7. The number of carbonyl (C=O) groups is 2. The van der Waals surface area contributed by atoms with Crippen molar-refractivity contribution < 1.29 is 14.7 Å². The molecule has 0 saturated heterocycles. The van der Waals surface area contributed by atoms with E-state index in [9.17, 15) is 9.59 Å². The van der Waals surface area contributed by atoms with Gasteiger partial charge in [-0.25, -0.2) is 4.79 Å². The number of rotatable bonds is 7. The van der Waals surface area contributed by atoms with Crippen molar-refractivity contribution in [1.82, 2.24) is 19.6 Å². The van der Waals surface area contributed by atoms with Gasteiger partial charge in [0.2, 0.25) is 5.91 Å². The van der Waals surface area contributed by atoms with Gasteiger partial charge in [0.05, 0.1) is 21.1 Å². The highest BCUT2D eigenvalue weighted by Crippen LogP contribution is 2.24. The first-order valence-corrected chi connectivity index (χ1v) is 9.60. The molecule has 0 fully saturated rings. The summed E-state index contributed by atoms with van der Waals surface area (Å²) in [5.41, 5.74) is 0.847. The predicted molar refractivity (Wildman–Crippen MR) is 108 cm³/mol. The van der Waals surface area contributed by atoms with Gasteiger partial charge in [-0.15, -0.1) is 0 Å². The minimum Gasteiger partial charge on any atom is -0.476 e. The van der Waals surface area contributed by atoms with Gasteiger partial charge in [0.1, 0.15) is 0 Å². The summed E-state index contributed by atoms with van der Waals surface area (Å²) in [6.07, 6.45) is 3.37. The molecule has 1 aromatic carbocycles. The van der Waals surface area contributed by atoms with E-state index in [0.29, 0.717) is 26.9 Å². The van der Waals surface area contributed by atoms with Crippen LogP contribution in [0.2, 0.25) is 10.0 Å². The summed E-state index contributed by atoms with van der Waals surface area (Å²) in [6, 6.07) is 6.69. The number of nitrogens with zero attached hydrogens (tertiary/aromatic N) is 4. The molecule has 0 aliphatic heterocycles. The SMILES string of the molecule is O=C(CCn1ccc(C(=O)O)n1)Nc1nn(Cc2ccc(Cl)c(Cl)c2)cc1Br. The maximum atomic E-state index is 12.2. The summed E-state index contributed by atoms with van der Waals surface area (Å²) in [7, 11) is 0. The van der Waals surface area contributed by atoms with E-state index in [-0.39, 0.29) is 24.6 Å². The second kappa shape index (κ2) is 8.76. The normalized spacial score (nSPS) is 10.8. The quantitative estimate of drug-likeness (QED) is 0.526. The molecule has 3 aromatic rings. The van der Waals surface area contributed by atoms with Crippen molar-refractivity contribution in [2.45, 2.75) is 19.5 Å². The maximum Gasteiger partial charge on any atom is 0.356 e. The molecule has 11 heteroatoms. The molecule has 2 aromatic heterocycles. The van der Waals surface area contributed by atoms with Gasteiger partial charge in [-0.3, -0.25) is 14.2 Å². The molecule has 0 spiro atoms. The number of carbonyl (C=O) groups excluding carboxylic acids is 1. The number of amides is 1. The van der Waals surface area contributed by atoms with E-state index in [0.717, 1.165) is 5.56 Å². The Kier molecular flexibility index (Phi) is 6.38. The lowest BCUT2D eigenvalue weighted by Gasteiger charge is -2.05. The fourth-order valence-electron chi connectivity index (χ4n) is 2.40. The molecular weight excluding hydrogens is 473 g/mol. The molecule has 2 heterocycles. The summed E-state index contributed by atoms with van der Waals surface area (Å²) >= 11 is 15.3. The zero-order chi connectivity index (χ0) is 20.3. The van der Waals surface area contributed by atoms with Gasteiger partial charge in [0.15, 0.2) is 11.5 Å². The van der Waals surface area contributed by atoms with Crippen molar-refractivity contribution in [3.63, 3.8) is 0 Å². The number of hydrogen-bond acceptors (Lipinski definition) is 4. The first kappa shape index (κ1) is 20.4. The van der Waals surface area contributed by atoms with Crippen molar-refractivity contribution in [2.75, 3.05) is 5.32 Å². The van der Waals surface area contributed by atoms with E-state index >= 15 is 0 Å². The van der Waals surface area contributed by atoms with Crippen molar-refractivity contribution in [3.05, 3.63) is 62.4 Å². The van der Waals surface area contributed by atoms with Gasteiger partial charge >= 0.3 is 5.97 Å². The van der Waals surface area contributed by atoms with Gasteiger partial charge in [-0.05, 0) is 39.7 Å². The summed E-state index contributed by atoms with van der Waals surface area (Å²) in [6.45, 7) is 0.706. The summed E-state index contributed by atoms with van der Waals surface area (Å²) in [4.78, 5) is 23.0. The molecule has 8 nitrogen and oxygen atoms in total. The minimum absolute atomic E-state index is 0.0656. The lowest BCUT2D eigenvalue weighted by molar-refractivity contribution is -0.116. The Morgan fingerprint density at radius 1 is 1.14 bits per heavy atom. The molecule has 146 valence electrons. The van der Waals surface area contributed by atoms with Crippen LogP contribution in [0.4, 0.5) is 5.82 Å². The van der Waals surface area contributed by atoms with E-state index in [2.05, 4.69) is 31.4 Å². The molecule has 0 unspecified atom stereocenters. The van der Waals surface area contributed by atoms with Crippen LogP contribution in [-0.4, -0.2) is 36.5 Å². The van der Waals surface area contributed by atoms with Crippen LogP contribution in [0.3, 0.4) is 0 Å². The summed E-state index contributed by atoms with van der Waals surface area (Å²) in [5.74, 6) is -0.996. The number of aromatic nitrogens is 4. The lowest BCUT2D eigenvalue weighted by Crippen LogP contribution is -2.16. The lowest BCUT2D eigenvalue weighted by atomic mass is 10.2. The van der Waals surface area contributed by atoms with Crippen LogP contribution in [0.15, 0.2) is 41.1 Å². The molecule has 0 radical (unpaired) electrons. The van der Waals surface area contributed by atoms with Crippen LogP contribution < -0.4 is 5.32 Å². The molecule has 0 saturated carbocycles. The van der Waals surface area contributed by atoms with E-state index < -0.39 is 5.97 Å². The zero-order valence-corrected chi connectivity index (χ0v) is 17.4. The fourth-order valence-corrected chi connectivity index (χ4v) is 3.13. The Morgan fingerprint density at radius 3 is 2.61 bits per heavy atom. The molecule has 28 heavy (non-hydrogen) atoms. The zero-order valence-electron chi connectivity index (χ0n) is 14.3. The van der Waals surface area contributed by atoms with Crippen LogP contribution in [0.1, 0.15) is 22.5 Å². The van der Waals surface area contributed by atoms with Gasteiger partial charge in [0, 0.05) is 25.4 Å². The Balaban J connectivity index is 1.58. The number of aryl methyl sites for hydroxylation is 1. The van der Waals surface area contributed by atoms with E-state index in [1.54, 1.807) is 23.0 Å². The van der Waals surface area contributed by atoms with Crippen LogP contribution >= 0.6 is 39.1 Å². The Hall–Kier alpha value is -2.36. The number of carboxylic acid groups (broad SMARTS) is 1. The number of anilines is 1. The highest BCUT2D eigenvalue weighted by atomic mass is 79.9.